The van der Waals surface area contributed by atoms with Crippen molar-refractivity contribution in [3.05, 3.63) is 49.3 Å². The highest BCUT2D eigenvalue weighted by Crippen LogP contribution is 2.13. The summed E-state index contributed by atoms with van der Waals surface area (Å²) >= 11 is 0. The van der Waals surface area contributed by atoms with E-state index in [9.17, 15) is 4.79 Å². The van der Waals surface area contributed by atoms with Crippen LogP contribution in [0.25, 0.3) is 5.57 Å². The Hall–Kier alpha value is -2.43. The molecule has 1 heterocycles. The number of nitrogens with zero attached hydrogens (tertiary/aromatic N) is 2. The van der Waals surface area contributed by atoms with E-state index in [1.807, 2.05) is 6.08 Å². The molecule has 100 valence electrons. The summed E-state index contributed by atoms with van der Waals surface area (Å²) in [6, 6.07) is 1.78. The zero-order valence-corrected chi connectivity index (χ0v) is 10.9. The Morgan fingerprint density at radius 1 is 1.53 bits per heavy atom. The lowest BCUT2D eigenvalue weighted by molar-refractivity contribution is -0.140. The van der Waals surface area contributed by atoms with Crippen LogP contribution in [0.5, 0.6) is 0 Å². The van der Waals surface area contributed by atoms with Gasteiger partial charge in [-0.1, -0.05) is 31.4 Å². The number of methoxy groups -OCH3 is 1. The lowest BCUT2D eigenvalue weighted by Gasteiger charge is -2.06. The van der Waals surface area contributed by atoms with Gasteiger partial charge >= 0.3 is 5.97 Å². The molecule has 5 heteroatoms. The number of nitrogens with one attached hydrogen (secondary N) is 1. The Bertz CT molecular complexity index is 495. The summed E-state index contributed by atoms with van der Waals surface area (Å²) in [5, 5.41) is 2.96. The van der Waals surface area contributed by atoms with E-state index in [4.69, 9.17) is 0 Å². The number of rotatable bonds is 7. The average Bonchev–Trinajstić information content (AvgIpc) is 2.44. The Kier molecular flexibility index (Phi) is 6.02. The van der Waals surface area contributed by atoms with Crippen LogP contribution >= 0.6 is 0 Å². The van der Waals surface area contributed by atoms with Gasteiger partial charge in [-0.15, -0.1) is 0 Å². The lowest BCUT2D eigenvalue weighted by Crippen LogP contribution is -2.11. The van der Waals surface area contributed by atoms with Gasteiger partial charge in [-0.05, 0) is 11.6 Å². The molecule has 1 N–H and O–H groups in total. The summed E-state index contributed by atoms with van der Waals surface area (Å²) in [6.07, 6.45) is 7.09. The van der Waals surface area contributed by atoms with E-state index in [0.717, 1.165) is 11.3 Å². The molecule has 0 radical (unpaired) electrons. The van der Waals surface area contributed by atoms with Crippen LogP contribution in [0.1, 0.15) is 12.1 Å². The number of carbonyl (C=O) groups excluding carboxylic acids is 1. The van der Waals surface area contributed by atoms with E-state index in [-0.39, 0.29) is 12.4 Å². The van der Waals surface area contributed by atoms with Crippen LogP contribution in [0.3, 0.4) is 0 Å². The van der Waals surface area contributed by atoms with Crippen molar-refractivity contribution in [2.75, 3.05) is 19.0 Å². The van der Waals surface area contributed by atoms with Crippen LogP contribution in [-0.2, 0) is 9.53 Å². The Morgan fingerprint density at radius 2 is 2.32 bits per heavy atom. The van der Waals surface area contributed by atoms with Gasteiger partial charge in [0.25, 0.3) is 0 Å². The molecule has 0 aliphatic rings. The van der Waals surface area contributed by atoms with Crippen molar-refractivity contribution in [1.29, 1.82) is 0 Å². The van der Waals surface area contributed by atoms with Crippen molar-refractivity contribution in [1.82, 2.24) is 9.97 Å². The number of carbonyl (C=O) groups is 1. The minimum Gasteiger partial charge on any atom is -0.469 e. The molecule has 5 nitrogen and oxygen atoms in total. The second-order valence-corrected chi connectivity index (χ2v) is 3.58. The summed E-state index contributed by atoms with van der Waals surface area (Å²) in [5.41, 5.74) is 1.60. The van der Waals surface area contributed by atoms with Gasteiger partial charge in [0.2, 0.25) is 5.95 Å². The van der Waals surface area contributed by atoms with E-state index >= 15 is 0 Å². The molecule has 0 aliphatic heterocycles. The first-order valence-electron chi connectivity index (χ1n) is 5.80. The van der Waals surface area contributed by atoms with Gasteiger partial charge in [-0.25, -0.2) is 9.97 Å². The number of anilines is 1. The van der Waals surface area contributed by atoms with E-state index < -0.39 is 0 Å². The summed E-state index contributed by atoms with van der Waals surface area (Å²) in [7, 11) is 1.36. The van der Waals surface area contributed by atoms with Crippen LogP contribution in [0.2, 0.25) is 0 Å². The van der Waals surface area contributed by atoms with Crippen molar-refractivity contribution in [3.8, 4) is 0 Å². The van der Waals surface area contributed by atoms with E-state index in [2.05, 4.69) is 33.2 Å². The van der Waals surface area contributed by atoms with Gasteiger partial charge in [-0.3, -0.25) is 4.79 Å². The number of esters is 1. The summed E-state index contributed by atoms with van der Waals surface area (Å²) in [6.45, 7) is 7.79. The van der Waals surface area contributed by atoms with Crippen molar-refractivity contribution >= 4 is 17.5 Å². The minimum absolute atomic E-state index is 0.265. The van der Waals surface area contributed by atoms with E-state index in [1.165, 1.54) is 7.11 Å². The summed E-state index contributed by atoms with van der Waals surface area (Å²) in [4.78, 5) is 19.4. The molecule has 0 amide bonds. The highest BCUT2D eigenvalue weighted by Gasteiger charge is 2.03. The molecule has 0 aromatic carbocycles. The van der Waals surface area contributed by atoms with Crippen molar-refractivity contribution in [3.63, 3.8) is 0 Å². The fourth-order valence-corrected chi connectivity index (χ4v) is 1.37. The van der Waals surface area contributed by atoms with E-state index in [0.29, 0.717) is 12.5 Å². The standard InChI is InChI=1S/C14H17N3O2/c1-4-6-11(5-2)12-7-9-15-14(17-12)16-10-8-13(18)19-3/h4-7,9H,1-2,8,10H2,3H3,(H,15,16,17)/b11-6+. The third-order valence-corrected chi connectivity index (χ3v) is 2.31. The molecular weight excluding hydrogens is 242 g/mol. The predicted octanol–water partition coefficient (Wildman–Crippen LogP) is 2.21. The first-order valence-corrected chi connectivity index (χ1v) is 5.80. The number of allylic oxidation sites excluding steroid dienone is 4. The molecule has 0 spiro atoms. The maximum Gasteiger partial charge on any atom is 0.307 e. The molecule has 0 unspecified atom stereocenters. The zero-order valence-electron chi connectivity index (χ0n) is 10.9. The monoisotopic (exact) mass is 259 g/mol. The molecule has 1 rings (SSSR count). The maximum absolute atomic E-state index is 11.0. The van der Waals surface area contributed by atoms with Crippen LogP contribution in [0, 0.1) is 0 Å². The highest BCUT2D eigenvalue weighted by molar-refractivity contribution is 5.72. The Labute approximate surface area is 112 Å². The molecular formula is C14H17N3O2. The molecule has 0 saturated heterocycles. The van der Waals surface area contributed by atoms with Crippen LogP contribution in [0.15, 0.2) is 43.6 Å². The third-order valence-electron chi connectivity index (χ3n) is 2.31. The smallest absolute Gasteiger partial charge is 0.307 e. The molecule has 0 atom stereocenters. The second-order valence-electron chi connectivity index (χ2n) is 3.58. The van der Waals surface area contributed by atoms with Gasteiger partial charge in [0.15, 0.2) is 0 Å². The Balaban J connectivity index is 2.71. The van der Waals surface area contributed by atoms with E-state index in [1.54, 1.807) is 24.4 Å². The van der Waals surface area contributed by atoms with Crippen LogP contribution in [-0.4, -0.2) is 29.6 Å². The van der Waals surface area contributed by atoms with Gasteiger partial charge in [0, 0.05) is 12.7 Å². The molecule has 1 aromatic rings. The van der Waals surface area contributed by atoms with Gasteiger partial charge in [0.05, 0.1) is 19.2 Å². The first kappa shape index (κ1) is 14.6. The number of aromatic nitrogens is 2. The topological polar surface area (TPSA) is 64.1 Å². The van der Waals surface area contributed by atoms with Crippen LogP contribution < -0.4 is 5.32 Å². The number of hydrogen-bond acceptors (Lipinski definition) is 5. The second kappa shape index (κ2) is 7.81. The SMILES string of the molecule is C=C/C=C(\C=C)c1ccnc(NCCC(=O)OC)n1. The number of ether oxygens (including phenoxy) is 1. The summed E-state index contributed by atoms with van der Waals surface area (Å²) in [5.74, 6) is 0.181. The number of hydrogen-bond donors (Lipinski definition) is 1. The quantitative estimate of drug-likeness (QED) is 0.600. The lowest BCUT2D eigenvalue weighted by atomic mass is 10.1. The zero-order chi connectivity index (χ0) is 14.1. The predicted molar refractivity (Wildman–Crippen MR) is 75.5 cm³/mol. The highest BCUT2D eigenvalue weighted by atomic mass is 16.5. The fourth-order valence-electron chi connectivity index (χ4n) is 1.37. The maximum atomic E-state index is 11.0. The van der Waals surface area contributed by atoms with Gasteiger partial charge < -0.3 is 10.1 Å². The largest absolute Gasteiger partial charge is 0.469 e. The summed E-state index contributed by atoms with van der Waals surface area (Å²) < 4.78 is 4.55. The fraction of sp³-hybridized carbons (Fsp3) is 0.214. The molecule has 0 fully saturated rings. The molecule has 19 heavy (non-hydrogen) atoms. The molecule has 0 aliphatic carbocycles. The van der Waals surface area contributed by atoms with Crippen LogP contribution in [0.4, 0.5) is 5.95 Å². The first-order chi connectivity index (χ1) is 9.21. The normalized spacial score (nSPS) is 10.7. The minimum atomic E-state index is -0.276. The molecule has 0 saturated carbocycles. The average molecular weight is 259 g/mol. The third kappa shape index (κ3) is 4.75. The molecule has 0 bridgehead atoms. The Morgan fingerprint density at radius 3 is 2.95 bits per heavy atom. The van der Waals surface area contributed by atoms with Crippen molar-refractivity contribution in [2.45, 2.75) is 6.42 Å². The van der Waals surface area contributed by atoms with Gasteiger partial charge in [-0.2, -0.15) is 0 Å². The molecule has 1 aromatic heterocycles. The van der Waals surface area contributed by atoms with Gasteiger partial charge in [0.1, 0.15) is 0 Å². The van der Waals surface area contributed by atoms with Crippen molar-refractivity contribution in [2.24, 2.45) is 0 Å². The van der Waals surface area contributed by atoms with Crippen molar-refractivity contribution < 1.29 is 9.53 Å².